The number of primary amides is 1. The van der Waals surface area contributed by atoms with Crippen LogP contribution in [0.4, 0.5) is 4.79 Å². The van der Waals surface area contributed by atoms with Crippen molar-refractivity contribution >= 4 is 12.0 Å². The summed E-state index contributed by atoms with van der Waals surface area (Å²) in [6, 6.07) is 5.74. The number of rotatable bonds is 3. The third kappa shape index (κ3) is 2.48. The number of carboxylic acid groups (broad SMARTS) is 1. The summed E-state index contributed by atoms with van der Waals surface area (Å²) >= 11 is 0. The molecule has 5 heteroatoms. The fraction of sp³-hybridized carbons (Fsp3) is 0.111. The first-order chi connectivity index (χ1) is 6.61. The molecule has 0 heterocycles. The molecule has 0 saturated heterocycles. The average Bonchev–Trinajstić information content (AvgIpc) is 2.15. The maximum Gasteiger partial charge on any atom is 0.336 e. The predicted molar refractivity (Wildman–Crippen MR) is 49.8 cm³/mol. The molecule has 0 radical (unpaired) electrons. The molecule has 0 fully saturated rings. The third-order valence-electron chi connectivity index (χ3n) is 1.70. The van der Waals surface area contributed by atoms with Gasteiger partial charge in [-0.05, 0) is 11.6 Å². The smallest absolute Gasteiger partial charge is 0.336 e. The average molecular weight is 194 g/mol. The van der Waals surface area contributed by atoms with Crippen LogP contribution in [0.3, 0.4) is 0 Å². The van der Waals surface area contributed by atoms with Gasteiger partial charge in [-0.25, -0.2) is 9.59 Å². The molecule has 14 heavy (non-hydrogen) atoms. The molecule has 0 aliphatic carbocycles. The van der Waals surface area contributed by atoms with Gasteiger partial charge in [-0.15, -0.1) is 0 Å². The zero-order valence-electron chi connectivity index (χ0n) is 7.36. The van der Waals surface area contributed by atoms with E-state index in [4.69, 9.17) is 10.8 Å². The van der Waals surface area contributed by atoms with E-state index < -0.39 is 12.0 Å². The molecular formula is C9H10N2O3. The van der Waals surface area contributed by atoms with Crippen molar-refractivity contribution in [1.82, 2.24) is 5.32 Å². The number of carboxylic acids is 1. The lowest BCUT2D eigenvalue weighted by Gasteiger charge is -2.05. The second kappa shape index (κ2) is 4.27. The van der Waals surface area contributed by atoms with Gasteiger partial charge in [0.05, 0.1) is 5.56 Å². The van der Waals surface area contributed by atoms with Crippen LogP contribution in [0, 0.1) is 0 Å². The van der Waals surface area contributed by atoms with Gasteiger partial charge in [0.2, 0.25) is 0 Å². The van der Waals surface area contributed by atoms with Gasteiger partial charge in [-0.2, -0.15) is 0 Å². The van der Waals surface area contributed by atoms with Crippen molar-refractivity contribution in [2.45, 2.75) is 6.54 Å². The molecule has 1 aromatic rings. The number of nitrogens with one attached hydrogen (secondary N) is 1. The van der Waals surface area contributed by atoms with Gasteiger partial charge in [0.15, 0.2) is 0 Å². The Kier molecular flexibility index (Phi) is 3.06. The van der Waals surface area contributed by atoms with Crippen molar-refractivity contribution in [3.05, 3.63) is 35.4 Å². The lowest BCUT2D eigenvalue weighted by molar-refractivity contribution is 0.0695. The van der Waals surface area contributed by atoms with Crippen LogP contribution in [0.5, 0.6) is 0 Å². The van der Waals surface area contributed by atoms with Crippen LogP contribution in [0.25, 0.3) is 0 Å². The molecule has 0 aliphatic rings. The molecular weight excluding hydrogens is 184 g/mol. The number of aromatic carboxylic acids is 1. The van der Waals surface area contributed by atoms with Crippen molar-refractivity contribution < 1.29 is 14.7 Å². The van der Waals surface area contributed by atoms with Crippen LogP contribution in [-0.2, 0) is 6.54 Å². The summed E-state index contributed by atoms with van der Waals surface area (Å²) in [7, 11) is 0. The lowest BCUT2D eigenvalue weighted by atomic mass is 10.1. The van der Waals surface area contributed by atoms with Crippen LogP contribution in [-0.4, -0.2) is 17.1 Å². The molecule has 74 valence electrons. The minimum atomic E-state index is -1.02. The van der Waals surface area contributed by atoms with Gasteiger partial charge < -0.3 is 16.2 Å². The molecule has 0 saturated carbocycles. The van der Waals surface area contributed by atoms with Gasteiger partial charge in [0.25, 0.3) is 0 Å². The van der Waals surface area contributed by atoms with Gasteiger partial charge in [0, 0.05) is 6.54 Å². The van der Waals surface area contributed by atoms with E-state index in [1.54, 1.807) is 18.2 Å². The van der Waals surface area contributed by atoms with Gasteiger partial charge in [-0.1, -0.05) is 18.2 Å². The van der Waals surface area contributed by atoms with Crippen LogP contribution in [0.15, 0.2) is 24.3 Å². The standard InChI is InChI=1S/C9H10N2O3/c10-9(14)11-5-6-3-1-2-4-7(6)8(12)13/h1-4H,5H2,(H,12,13)(H3,10,11,14). The number of hydrogen-bond donors (Lipinski definition) is 3. The van der Waals surface area contributed by atoms with Gasteiger partial charge >= 0.3 is 12.0 Å². The molecule has 1 aromatic carbocycles. The second-order valence-electron chi connectivity index (χ2n) is 2.68. The first-order valence-electron chi connectivity index (χ1n) is 3.95. The van der Waals surface area contributed by atoms with Crippen LogP contribution >= 0.6 is 0 Å². The first kappa shape index (κ1) is 10.0. The Balaban J connectivity index is 2.84. The zero-order chi connectivity index (χ0) is 10.6. The van der Waals surface area contributed by atoms with Crippen LogP contribution < -0.4 is 11.1 Å². The molecule has 0 spiro atoms. The maximum atomic E-state index is 10.7. The fourth-order valence-electron chi connectivity index (χ4n) is 1.07. The number of carbonyl (C=O) groups excluding carboxylic acids is 1. The number of urea groups is 1. The van der Waals surface area contributed by atoms with E-state index in [0.717, 1.165) is 0 Å². The Morgan fingerprint density at radius 3 is 2.57 bits per heavy atom. The minimum Gasteiger partial charge on any atom is -0.478 e. The molecule has 5 nitrogen and oxygen atoms in total. The van der Waals surface area contributed by atoms with Crippen LogP contribution in [0.2, 0.25) is 0 Å². The molecule has 1 rings (SSSR count). The minimum absolute atomic E-state index is 0.123. The summed E-state index contributed by atoms with van der Waals surface area (Å²) in [5.41, 5.74) is 5.56. The molecule has 2 amide bonds. The van der Waals surface area contributed by atoms with Crippen molar-refractivity contribution in [2.24, 2.45) is 5.73 Å². The maximum absolute atomic E-state index is 10.7. The second-order valence-corrected chi connectivity index (χ2v) is 2.68. The normalized spacial score (nSPS) is 9.43. The van der Waals surface area contributed by atoms with E-state index in [9.17, 15) is 9.59 Å². The summed E-state index contributed by atoms with van der Waals surface area (Å²) in [4.78, 5) is 21.1. The van der Waals surface area contributed by atoms with E-state index in [-0.39, 0.29) is 12.1 Å². The highest BCUT2D eigenvalue weighted by molar-refractivity contribution is 5.89. The monoisotopic (exact) mass is 194 g/mol. The van der Waals surface area contributed by atoms with E-state index in [1.165, 1.54) is 6.07 Å². The van der Waals surface area contributed by atoms with Crippen molar-refractivity contribution in [3.63, 3.8) is 0 Å². The highest BCUT2D eigenvalue weighted by Gasteiger charge is 2.08. The summed E-state index contributed by atoms with van der Waals surface area (Å²) < 4.78 is 0. The summed E-state index contributed by atoms with van der Waals surface area (Å²) in [6.45, 7) is 0.123. The third-order valence-corrected chi connectivity index (χ3v) is 1.70. The summed E-state index contributed by atoms with van der Waals surface area (Å²) in [5.74, 6) is -1.02. The Labute approximate surface area is 80.5 Å². The van der Waals surface area contributed by atoms with Gasteiger partial charge in [-0.3, -0.25) is 0 Å². The Morgan fingerprint density at radius 2 is 2.00 bits per heavy atom. The van der Waals surface area contributed by atoms with Crippen molar-refractivity contribution in [2.75, 3.05) is 0 Å². The molecule has 0 aromatic heterocycles. The number of nitrogens with two attached hydrogens (primary N) is 1. The lowest BCUT2D eigenvalue weighted by Crippen LogP contribution is -2.29. The molecule has 0 unspecified atom stereocenters. The topological polar surface area (TPSA) is 92.4 Å². The molecule has 0 bridgehead atoms. The summed E-state index contributed by atoms with van der Waals surface area (Å²) in [6.07, 6.45) is 0. The number of hydrogen-bond acceptors (Lipinski definition) is 2. The highest BCUT2D eigenvalue weighted by Crippen LogP contribution is 2.07. The highest BCUT2D eigenvalue weighted by atomic mass is 16.4. The van der Waals surface area contributed by atoms with E-state index in [0.29, 0.717) is 5.56 Å². The SMILES string of the molecule is NC(=O)NCc1ccccc1C(=O)O. The first-order valence-corrected chi connectivity index (χ1v) is 3.95. The Bertz CT molecular complexity index is 363. The molecule has 4 N–H and O–H groups in total. The van der Waals surface area contributed by atoms with E-state index >= 15 is 0 Å². The van der Waals surface area contributed by atoms with Crippen molar-refractivity contribution in [1.29, 1.82) is 0 Å². The van der Waals surface area contributed by atoms with Gasteiger partial charge in [0.1, 0.15) is 0 Å². The summed E-state index contributed by atoms with van der Waals surface area (Å²) in [5, 5.41) is 11.1. The number of amides is 2. The predicted octanol–water partition coefficient (Wildman–Crippen LogP) is 0.553. The Hall–Kier alpha value is -2.04. The zero-order valence-corrected chi connectivity index (χ0v) is 7.36. The van der Waals surface area contributed by atoms with Crippen LogP contribution in [0.1, 0.15) is 15.9 Å². The largest absolute Gasteiger partial charge is 0.478 e. The molecule has 0 atom stereocenters. The van der Waals surface area contributed by atoms with E-state index in [1.807, 2.05) is 0 Å². The fourth-order valence-corrected chi connectivity index (χ4v) is 1.07. The van der Waals surface area contributed by atoms with Crippen molar-refractivity contribution in [3.8, 4) is 0 Å². The number of carbonyl (C=O) groups is 2. The number of benzene rings is 1. The Morgan fingerprint density at radius 1 is 1.36 bits per heavy atom. The quantitative estimate of drug-likeness (QED) is 0.656. The molecule has 0 aliphatic heterocycles. The van der Waals surface area contributed by atoms with E-state index in [2.05, 4.69) is 5.32 Å².